The van der Waals surface area contributed by atoms with E-state index in [4.69, 9.17) is 10.8 Å². The number of phenolic OH excluding ortho intramolecular Hbond substituents is 1. The van der Waals surface area contributed by atoms with Crippen molar-refractivity contribution in [3.05, 3.63) is 59.7 Å². The monoisotopic (exact) mass is 256 g/mol. The SMILES string of the molecule is Nc1ccc(CC(=O)NCc2ccc(O)cc2)cc1. The lowest BCUT2D eigenvalue weighted by Gasteiger charge is -2.06. The average Bonchev–Trinajstić information content (AvgIpc) is 2.41. The van der Waals surface area contributed by atoms with Crippen LogP contribution < -0.4 is 11.1 Å². The molecule has 2 aromatic rings. The van der Waals surface area contributed by atoms with E-state index in [-0.39, 0.29) is 11.7 Å². The number of hydrogen-bond acceptors (Lipinski definition) is 3. The van der Waals surface area contributed by atoms with Crippen LogP contribution in [0.3, 0.4) is 0 Å². The molecule has 0 aliphatic heterocycles. The molecule has 0 unspecified atom stereocenters. The number of hydrogen-bond donors (Lipinski definition) is 3. The highest BCUT2D eigenvalue weighted by Gasteiger charge is 2.03. The number of carbonyl (C=O) groups excluding carboxylic acids is 1. The Kier molecular flexibility index (Phi) is 4.03. The van der Waals surface area contributed by atoms with Gasteiger partial charge in [0.05, 0.1) is 6.42 Å². The summed E-state index contributed by atoms with van der Waals surface area (Å²) in [6, 6.07) is 14.0. The van der Waals surface area contributed by atoms with Crippen LogP contribution in [0.1, 0.15) is 11.1 Å². The average molecular weight is 256 g/mol. The van der Waals surface area contributed by atoms with E-state index in [9.17, 15) is 4.79 Å². The third-order valence-corrected chi connectivity index (χ3v) is 2.77. The summed E-state index contributed by atoms with van der Waals surface area (Å²) in [4.78, 5) is 11.7. The van der Waals surface area contributed by atoms with E-state index in [1.165, 1.54) is 0 Å². The second kappa shape index (κ2) is 5.91. The van der Waals surface area contributed by atoms with Crippen molar-refractivity contribution >= 4 is 11.6 Å². The molecule has 0 aromatic heterocycles. The van der Waals surface area contributed by atoms with Gasteiger partial charge in [-0.1, -0.05) is 24.3 Å². The fourth-order valence-corrected chi connectivity index (χ4v) is 1.70. The predicted octanol–water partition coefficient (Wildman–Crippen LogP) is 1.83. The molecule has 19 heavy (non-hydrogen) atoms. The lowest BCUT2D eigenvalue weighted by atomic mass is 10.1. The maximum Gasteiger partial charge on any atom is 0.224 e. The number of rotatable bonds is 4. The summed E-state index contributed by atoms with van der Waals surface area (Å²) in [5.41, 5.74) is 8.15. The van der Waals surface area contributed by atoms with E-state index < -0.39 is 0 Å². The quantitative estimate of drug-likeness (QED) is 0.730. The van der Waals surface area contributed by atoms with Crippen molar-refractivity contribution in [3.63, 3.8) is 0 Å². The Morgan fingerprint density at radius 1 is 1.00 bits per heavy atom. The number of nitrogens with two attached hydrogens (primary N) is 1. The van der Waals surface area contributed by atoms with Crippen molar-refractivity contribution in [2.24, 2.45) is 0 Å². The van der Waals surface area contributed by atoms with Crippen LogP contribution in [0.25, 0.3) is 0 Å². The fourth-order valence-electron chi connectivity index (χ4n) is 1.70. The molecule has 0 fully saturated rings. The molecular formula is C15H16N2O2. The lowest BCUT2D eigenvalue weighted by molar-refractivity contribution is -0.120. The Hall–Kier alpha value is -2.49. The van der Waals surface area contributed by atoms with Crippen LogP contribution in [0, 0.1) is 0 Å². The number of benzene rings is 2. The van der Waals surface area contributed by atoms with Crippen LogP contribution in [0.5, 0.6) is 5.75 Å². The standard InChI is InChI=1S/C15H16N2O2/c16-13-5-1-11(2-6-13)9-15(19)17-10-12-3-7-14(18)8-4-12/h1-8,18H,9-10,16H2,(H,17,19). The van der Waals surface area contributed by atoms with Gasteiger partial charge in [-0.3, -0.25) is 4.79 Å². The number of nitrogens with one attached hydrogen (secondary N) is 1. The number of aromatic hydroxyl groups is 1. The summed E-state index contributed by atoms with van der Waals surface area (Å²) in [5.74, 6) is 0.176. The molecule has 1 amide bonds. The van der Waals surface area contributed by atoms with Crippen LogP contribution >= 0.6 is 0 Å². The van der Waals surface area contributed by atoms with Gasteiger partial charge in [0.15, 0.2) is 0 Å². The largest absolute Gasteiger partial charge is 0.508 e. The highest BCUT2D eigenvalue weighted by atomic mass is 16.3. The van der Waals surface area contributed by atoms with Gasteiger partial charge in [0, 0.05) is 12.2 Å². The first-order valence-electron chi connectivity index (χ1n) is 6.02. The van der Waals surface area contributed by atoms with E-state index >= 15 is 0 Å². The summed E-state index contributed by atoms with van der Waals surface area (Å²) >= 11 is 0. The highest BCUT2D eigenvalue weighted by molar-refractivity contribution is 5.78. The van der Waals surface area contributed by atoms with Crippen LogP contribution in [-0.2, 0) is 17.8 Å². The normalized spacial score (nSPS) is 10.1. The first-order chi connectivity index (χ1) is 9.13. The molecule has 2 rings (SSSR count). The minimum absolute atomic E-state index is 0.0437. The Morgan fingerprint density at radius 2 is 1.58 bits per heavy atom. The van der Waals surface area contributed by atoms with Gasteiger partial charge in [0.2, 0.25) is 5.91 Å². The molecule has 2 aromatic carbocycles. The van der Waals surface area contributed by atoms with E-state index in [2.05, 4.69) is 5.32 Å². The molecule has 0 spiro atoms. The van der Waals surface area contributed by atoms with Gasteiger partial charge in [-0.25, -0.2) is 0 Å². The zero-order chi connectivity index (χ0) is 13.7. The molecule has 4 N–H and O–H groups in total. The van der Waals surface area contributed by atoms with E-state index in [1.807, 2.05) is 12.1 Å². The van der Waals surface area contributed by atoms with Gasteiger partial charge in [-0.2, -0.15) is 0 Å². The second-order valence-corrected chi connectivity index (χ2v) is 4.36. The van der Waals surface area contributed by atoms with Crippen molar-refractivity contribution in [2.75, 3.05) is 5.73 Å². The maximum absolute atomic E-state index is 11.7. The smallest absolute Gasteiger partial charge is 0.224 e. The summed E-state index contributed by atoms with van der Waals surface area (Å²) in [5, 5.41) is 12.0. The third-order valence-electron chi connectivity index (χ3n) is 2.77. The topological polar surface area (TPSA) is 75.4 Å². The molecule has 0 radical (unpaired) electrons. The molecule has 0 heterocycles. The molecule has 0 saturated heterocycles. The van der Waals surface area contributed by atoms with Crippen LogP contribution in [0.4, 0.5) is 5.69 Å². The predicted molar refractivity (Wildman–Crippen MR) is 74.5 cm³/mol. The van der Waals surface area contributed by atoms with E-state index in [1.54, 1.807) is 36.4 Å². The minimum Gasteiger partial charge on any atom is -0.508 e. The molecule has 0 saturated carbocycles. The lowest BCUT2D eigenvalue weighted by Crippen LogP contribution is -2.24. The molecule has 4 nitrogen and oxygen atoms in total. The first-order valence-corrected chi connectivity index (χ1v) is 6.02. The number of carbonyl (C=O) groups is 1. The van der Waals surface area contributed by atoms with Crippen LogP contribution in [-0.4, -0.2) is 11.0 Å². The van der Waals surface area contributed by atoms with Crippen molar-refractivity contribution in [2.45, 2.75) is 13.0 Å². The summed E-state index contributed by atoms with van der Waals surface area (Å²) in [6.45, 7) is 0.452. The molecular weight excluding hydrogens is 240 g/mol. The van der Waals surface area contributed by atoms with Gasteiger partial charge in [0.1, 0.15) is 5.75 Å². The van der Waals surface area contributed by atoms with E-state index in [0.717, 1.165) is 11.1 Å². The zero-order valence-electron chi connectivity index (χ0n) is 10.5. The third kappa shape index (κ3) is 4.03. The molecule has 0 bridgehead atoms. The van der Waals surface area contributed by atoms with E-state index in [0.29, 0.717) is 18.7 Å². The number of phenols is 1. The molecule has 98 valence electrons. The van der Waals surface area contributed by atoms with Crippen molar-refractivity contribution < 1.29 is 9.90 Å². The van der Waals surface area contributed by atoms with Gasteiger partial charge in [-0.05, 0) is 35.4 Å². The van der Waals surface area contributed by atoms with Crippen LogP contribution in [0.15, 0.2) is 48.5 Å². The van der Waals surface area contributed by atoms with Crippen molar-refractivity contribution in [3.8, 4) is 5.75 Å². The first kappa shape index (κ1) is 13.0. The van der Waals surface area contributed by atoms with Gasteiger partial charge in [0.25, 0.3) is 0 Å². The fraction of sp³-hybridized carbons (Fsp3) is 0.133. The minimum atomic E-state index is -0.0437. The summed E-state index contributed by atoms with van der Waals surface area (Å²) in [7, 11) is 0. The molecule has 4 heteroatoms. The van der Waals surface area contributed by atoms with Gasteiger partial charge < -0.3 is 16.2 Å². The second-order valence-electron chi connectivity index (χ2n) is 4.36. The van der Waals surface area contributed by atoms with Gasteiger partial charge in [-0.15, -0.1) is 0 Å². The summed E-state index contributed by atoms with van der Waals surface area (Å²) < 4.78 is 0. The van der Waals surface area contributed by atoms with Crippen LogP contribution in [0.2, 0.25) is 0 Å². The number of anilines is 1. The Morgan fingerprint density at radius 3 is 2.21 bits per heavy atom. The summed E-state index contributed by atoms with van der Waals surface area (Å²) in [6.07, 6.45) is 0.332. The Bertz CT molecular complexity index is 547. The highest BCUT2D eigenvalue weighted by Crippen LogP contribution is 2.09. The zero-order valence-corrected chi connectivity index (χ0v) is 10.5. The molecule has 0 aliphatic carbocycles. The number of amides is 1. The molecule has 0 atom stereocenters. The molecule has 0 aliphatic rings. The van der Waals surface area contributed by atoms with Gasteiger partial charge >= 0.3 is 0 Å². The van der Waals surface area contributed by atoms with Crippen molar-refractivity contribution in [1.29, 1.82) is 0 Å². The van der Waals surface area contributed by atoms with Crippen molar-refractivity contribution in [1.82, 2.24) is 5.32 Å². The Labute approximate surface area is 111 Å². The maximum atomic E-state index is 11.7. The number of nitrogen functional groups attached to an aromatic ring is 1. The Balaban J connectivity index is 1.84.